The van der Waals surface area contributed by atoms with Gasteiger partial charge in [0, 0.05) is 5.02 Å². The summed E-state index contributed by atoms with van der Waals surface area (Å²) in [4.78, 5) is -0.0496. The van der Waals surface area contributed by atoms with Gasteiger partial charge in [-0.15, -0.1) is 11.6 Å². The lowest BCUT2D eigenvalue weighted by molar-refractivity contribution is 0.549. The summed E-state index contributed by atoms with van der Waals surface area (Å²) in [6.07, 6.45) is 0. The summed E-state index contributed by atoms with van der Waals surface area (Å²) in [6, 6.07) is 22.1. The third-order valence-corrected chi connectivity index (χ3v) is 6.70. The van der Waals surface area contributed by atoms with Gasteiger partial charge in [0.2, 0.25) is 10.0 Å². The lowest BCUT2D eigenvalue weighted by Gasteiger charge is -2.24. The van der Waals surface area contributed by atoms with Gasteiger partial charge in [-0.3, -0.25) is 0 Å². The van der Waals surface area contributed by atoms with E-state index in [0.717, 1.165) is 11.1 Å². The van der Waals surface area contributed by atoms with Crippen molar-refractivity contribution in [2.75, 3.05) is 0 Å². The number of sulfonamides is 1. The number of hydrogen-bond donors (Lipinski definition) is 1. The molecule has 0 aliphatic carbocycles. The van der Waals surface area contributed by atoms with E-state index in [-0.39, 0.29) is 9.92 Å². The zero-order chi connectivity index (χ0) is 19.4. The van der Waals surface area contributed by atoms with Crippen molar-refractivity contribution in [1.29, 1.82) is 0 Å². The topological polar surface area (TPSA) is 46.2 Å². The van der Waals surface area contributed by atoms with Gasteiger partial charge in [-0.2, -0.15) is 0 Å². The van der Waals surface area contributed by atoms with Crippen molar-refractivity contribution >= 4 is 44.8 Å². The molecule has 1 N–H and O–H groups in total. The van der Waals surface area contributed by atoms with Crippen LogP contribution in [0.15, 0.2) is 83.8 Å². The molecule has 0 amide bonds. The van der Waals surface area contributed by atoms with Gasteiger partial charge in [0.05, 0.1) is 16.4 Å². The standard InChI is InChI=1S/C20H16Cl3NO2S/c21-16-11-12-18(17(22)13-16)27(25,26)24-20(15-9-5-2-6-10-15)19(23)14-7-3-1-4-8-14/h1-13,19-20,24H/t19-,20+/m0/s1. The highest BCUT2D eigenvalue weighted by atomic mass is 35.5. The lowest BCUT2D eigenvalue weighted by atomic mass is 9.99. The lowest BCUT2D eigenvalue weighted by Crippen LogP contribution is -2.31. The highest BCUT2D eigenvalue weighted by Crippen LogP contribution is 2.36. The van der Waals surface area contributed by atoms with Crippen LogP contribution < -0.4 is 4.72 Å². The Labute approximate surface area is 173 Å². The molecule has 2 atom stereocenters. The molecule has 0 aliphatic rings. The van der Waals surface area contributed by atoms with Crippen LogP contribution in [0.4, 0.5) is 0 Å². The van der Waals surface area contributed by atoms with Gasteiger partial charge in [0.1, 0.15) is 4.90 Å². The summed E-state index contributed by atoms with van der Waals surface area (Å²) in [5.41, 5.74) is 1.55. The van der Waals surface area contributed by atoms with Gasteiger partial charge in [-0.05, 0) is 29.3 Å². The van der Waals surface area contributed by atoms with E-state index in [1.54, 1.807) is 0 Å². The van der Waals surface area contributed by atoms with Gasteiger partial charge in [0.25, 0.3) is 0 Å². The number of nitrogens with one attached hydrogen (secondary N) is 1. The number of halogens is 3. The van der Waals surface area contributed by atoms with E-state index in [9.17, 15) is 8.42 Å². The van der Waals surface area contributed by atoms with E-state index in [1.165, 1.54) is 18.2 Å². The average molecular weight is 441 g/mol. The van der Waals surface area contributed by atoms with E-state index in [0.29, 0.717) is 5.02 Å². The van der Waals surface area contributed by atoms with Crippen LogP contribution in [0, 0.1) is 0 Å². The van der Waals surface area contributed by atoms with Crippen molar-refractivity contribution < 1.29 is 8.42 Å². The van der Waals surface area contributed by atoms with E-state index >= 15 is 0 Å². The maximum absolute atomic E-state index is 13.0. The molecule has 0 saturated heterocycles. The summed E-state index contributed by atoms with van der Waals surface area (Å²) >= 11 is 18.7. The van der Waals surface area contributed by atoms with Crippen molar-refractivity contribution in [2.45, 2.75) is 16.3 Å². The predicted octanol–water partition coefficient (Wildman–Crippen LogP) is 5.99. The molecular weight excluding hydrogens is 425 g/mol. The molecule has 3 aromatic rings. The van der Waals surface area contributed by atoms with Crippen LogP contribution >= 0.6 is 34.8 Å². The van der Waals surface area contributed by atoms with Crippen LogP contribution in [0.1, 0.15) is 22.5 Å². The highest BCUT2D eigenvalue weighted by Gasteiger charge is 2.29. The smallest absolute Gasteiger partial charge is 0.207 e. The minimum Gasteiger partial charge on any atom is -0.207 e. The van der Waals surface area contributed by atoms with Crippen molar-refractivity contribution in [1.82, 2.24) is 4.72 Å². The molecular formula is C20H16Cl3NO2S. The maximum atomic E-state index is 13.0. The third kappa shape index (κ3) is 4.84. The van der Waals surface area contributed by atoms with Gasteiger partial charge < -0.3 is 0 Å². The number of rotatable bonds is 6. The first-order valence-electron chi connectivity index (χ1n) is 8.10. The van der Waals surface area contributed by atoms with Crippen molar-refractivity contribution in [3.05, 3.63) is 100 Å². The minimum atomic E-state index is -3.93. The monoisotopic (exact) mass is 439 g/mol. The first kappa shape index (κ1) is 20.2. The van der Waals surface area contributed by atoms with Gasteiger partial charge in [-0.1, -0.05) is 83.9 Å². The fourth-order valence-corrected chi connectivity index (χ4v) is 5.15. The molecule has 0 heterocycles. The molecule has 0 saturated carbocycles. The molecule has 3 rings (SSSR count). The summed E-state index contributed by atoms with van der Waals surface area (Å²) in [5, 5.41) is -0.208. The van der Waals surface area contributed by atoms with Gasteiger partial charge in [0.15, 0.2) is 0 Å². The Bertz CT molecular complexity index is 1010. The Hall–Kier alpha value is -1.56. The first-order valence-corrected chi connectivity index (χ1v) is 10.8. The van der Waals surface area contributed by atoms with Gasteiger partial charge in [-0.25, -0.2) is 13.1 Å². The fraction of sp³-hybridized carbons (Fsp3) is 0.100. The number of benzene rings is 3. The normalized spacial score (nSPS) is 13.9. The van der Waals surface area contributed by atoms with Crippen molar-refractivity contribution in [3.8, 4) is 0 Å². The van der Waals surface area contributed by atoms with E-state index < -0.39 is 21.4 Å². The molecule has 0 unspecified atom stereocenters. The Morgan fingerprint density at radius 2 is 1.33 bits per heavy atom. The first-order chi connectivity index (χ1) is 12.9. The Morgan fingerprint density at radius 1 is 0.778 bits per heavy atom. The molecule has 0 aromatic heterocycles. The minimum absolute atomic E-state index is 0.0487. The molecule has 7 heteroatoms. The van der Waals surface area contributed by atoms with Crippen LogP contribution in [-0.2, 0) is 10.0 Å². The Kier molecular flexibility index (Phi) is 6.45. The van der Waals surface area contributed by atoms with Crippen LogP contribution in [0.2, 0.25) is 10.0 Å². The second-order valence-corrected chi connectivity index (χ2v) is 8.89. The molecule has 0 fully saturated rings. The summed E-state index contributed by atoms with van der Waals surface area (Å²) < 4.78 is 28.7. The predicted molar refractivity (Wildman–Crippen MR) is 111 cm³/mol. The zero-order valence-electron chi connectivity index (χ0n) is 14.0. The van der Waals surface area contributed by atoms with Crippen LogP contribution in [-0.4, -0.2) is 8.42 Å². The summed E-state index contributed by atoms with van der Waals surface area (Å²) in [6.45, 7) is 0. The highest BCUT2D eigenvalue weighted by molar-refractivity contribution is 7.89. The molecule has 27 heavy (non-hydrogen) atoms. The average Bonchev–Trinajstić information content (AvgIpc) is 2.67. The summed E-state index contributed by atoms with van der Waals surface area (Å²) in [7, 11) is -3.93. The maximum Gasteiger partial charge on any atom is 0.242 e. The van der Waals surface area contributed by atoms with Crippen LogP contribution in [0.25, 0.3) is 0 Å². The van der Waals surface area contributed by atoms with Crippen LogP contribution in [0.5, 0.6) is 0 Å². The second-order valence-electron chi connectivity index (χ2n) is 5.90. The third-order valence-electron chi connectivity index (χ3n) is 4.03. The Balaban J connectivity index is 2.01. The Morgan fingerprint density at radius 3 is 1.89 bits per heavy atom. The molecule has 0 bridgehead atoms. The SMILES string of the molecule is O=S(=O)(N[C@H](c1ccccc1)[C@@H](Cl)c1ccccc1)c1ccc(Cl)cc1Cl. The molecule has 0 radical (unpaired) electrons. The summed E-state index contributed by atoms with van der Waals surface area (Å²) in [5.74, 6) is 0. The molecule has 140 valence electrons. The molecule has 0 spiro atoms. The molecule has 3 aromatic carbocycles. The number of hydrogen-bond acceptors (Lipinski definition) is 2. The molecule has 3 nitrogen and oxygen atoms in total. The largest absolute Gasteiger partial charge is 0.242 e. The quantitative estimate of drug-likeness (QED) is 0.478. The number of alkyl halides is 1. The van der Waals surface area contributed by atoms with Gasteiger partial charge >= 0.3 is 0 Å². The van der Waals surface area contributed by atoms with Crippen LogP contribution in [0.3, 0.4) is 0 Å². The van der Waals surface area contributed by atoms with Crippen molar-refractivity contribution in [3.63, 3.8) is 0 Å². The second kappa shape index (κ2) is 8.63. The van der Waals surface area contributed by atoms with Crippen molar-refractivity contribution in [2.24, 2.45) is 0 Å². The van der Waals surface area contributed by atoms with E-state index in [2.05, 4.69) is 4.72 Å². The fourth-order valence-electron chi connectivity index (χ4n) is 2.71. The van der Waals surface area contributed by atoms with E-state index in [1.807, 2.05) is 60.7 Å². The molecule has 0 aliphatic heterocycles. The van der Waals surface area contributed by atoms with E-state index in [4.69, 9.17) is 34.8 Å². The zero-order valence-corrected chi connectivity index (χ0v) is 17.1.